The minimum absolute atomic E-state index is 0.700. The van der Waals surface area contributed by atoms with Crippen LogP contribution >= 0.6 is 0 Å². The van der Waals surface area contributed by atoms with Crippen molar-refractivity contribution in [3.8, 4) is 6.07 Å². The third kappa shape index (κ3) is 5.01. The molecule has 0 atom stereocenters. The summed E-state index contributed by atoms with van der Waals surface area (Å²) in [6.45, 7) is 5.11. The molecule has 0 saturated carbocycles. The maximum atomic E-state index is 8.83. The van der Waals surface area contributed by atoms with Gasteiger partial charge in [0.05, 0.1) is 18.0 Å². The third-order valence-corrected chi connectivity index (χ3v) is 3.75. The van der Waals surface area contributed by atoms with Gasteiger partial charge in [0.1, 0.15) is 0 Å². The fourth-order valence-corrected chi connectivity index (χ4v) is 2.42. The minimum atomic E-state index is 0.700. The van der Waals surface area contributed by atoms with Crippen LogP contribution in [0.3, 0.4) is 0 Å². The van der Waals surface area contributed by atoms with E-state index in [9.17, 15) is 0 Å². The summed E-state index contributed by atoms with van der Waals surface area (Å²) in [6, 6.07) is 9.88. The van der Waals surface area contributed by atoms with Crippen LogP contribution in [-0.2, 0) is 13.0 Å². The van der Waals surface area contributed by atoms with Crippen molar-refractivity contribution >= 4 is 0 Å². The number of unbranched alkanes of at least 4 members (excludes halogenated alkanes) is 2. The largest absolute Gasteiger partial charge is 0.330 e. The number of benzene rings is 1. The van der Waals surface area contributed by atoms with Crippen molar-refractivity contribution in [3.05, 3.63) is 53.6 Å². The van der Waals surface area contributed by atoms with Crippen LogP contribution in [0.2, 0.25) is 0 Å². The van der Waals surface area contributed by atoms with Crippen molar-refractivity contribution in [2.24, 2.45) is 0 Å². The second kappa shape index (κ2) is 9.01. The first-order valence-electron chi connectivity index (χ1n) is 8.02. The first-order valence-corrected chi connectivity index (χ1v) is 8.02. The highest BCUT2D eigenvalue weighted by molar-refractivity contribution is 5.31. The third-order valence-electron chi connectivity index (χ3n) is 3.75. The van der Waals surface area contributed by atoms with Crippen molar-refractivity contribution in [1.82, 2.24) is 14.9 Å². The molecule has 0 aliphatic heterocycles. The molecule has 2 aromatic rings. The van der Waals surface area contributed by atoms with E-state index in [1.165, 1.54) is 30.5 Å². The van der Waals surface area contributed by atoms with Gasteiger partial charge in [-0.25, -0.2) is 4.98 Å². The van der Waals surface area contributed by atoms with E-state index in [2.05, 4.69) is 27.9 Å². The Bertz CT molecular complexity index is 592. The van der Waals surface area contributed by atoms with Gasteiger partial charge in [-0.2, -0.15) is 5.26 Å². The van der Waals surface area contributed by atoms with Crippen molar-refractivity contribution in [2.45, 2.75) is 39.2 Å². The van der Waals surface area contributed by atoms with Crippen LogP contribution in [0, 0.1) is 11.3 Å². The molecule has 0 fully saturated rings. The number of hydrogen-bond acceptors (Lipinski definition) is 3. The number of nitrogens with zero attached hydrogens (tertiary/aromatic N) is 3. The Labute approximate surface area is 132 Å². The van der Waals surface area contributed by atoms with Crippen molar-refractivity contribution in [1.29, 1.82) is 5.26 Å². The van der Waals surface area contributed by atoms with E-state index >= 15 is 0 Å². The van der Waals surface area contributed by atoms with Crippen LogP contribution in [0.4, 0.5) is 0 Å². The topological polar surface area (TPSA) is 53.6 Å². The van der Waals surface area contributed by atoms with Crippen molar-refractivity contribution in [3.63, 3.8) is 0 Å². The Balaban J connectivity index is 1.82. The molecule has 2 rings (SSSR count). The van der Waals surface area contributed by atoms with E-state index < -0.39 is 0 Å². The summed E-state index contributed by atoms with van der Waals surface area (Å²) in [6.07, 6.45) is 8.62. The van der Waals surface area contributed by atoms with Crippen LogP contribution < -0.4 is 5.32 Å². The molecule has 0 radical (unpaired) electrons. The molecular formula is C18H24N4. The van der Waals surface area contributed by atoms with Crippen molar-refractivity contribution < 1.29 is 0 Å². The number of aromatic nitrogens is 2. The smallest absolute Gasteiger partial charge is 0.0991 e. The lowest BCUT2D eigenvalue weighted by molar-refractivity contribution is 0.605. The maximum Gasteiger partial charge on any atom is 0.0991 e. The number of rotatable bonds is 9. The molecule has 116 valence electrons. The average molecular weight is 296 g/mol. The molecule has 0 unspecified atom stereocenters. The van der Waals surface area contributed by atoms with E-state index in [0.717, 1.165) is 26.1 Å². The minimum Gasteiger partial charge on any atom is -0.330 e. The van der Waals surface area contributed by atoms with Gasteiger partial charge in [0.2, 0.25) is 0 Å². The van der Waals surface area contributed by atoms with Gasteiger partial charge in [-0.05, 0) is 30.7 Å². The zero-order valence-corrected chi connectivity index (χ0v) is 13.3. The lowest BCUT2D eigenvalue weighted by Gasteiger charge is -2.09. The summed E-state index contributed by atoms with van der Waals surface area (Å²) in [5.74, 6) is 0. The van der Waals surface area contributed by atoms with Gasteiger partial charge in [-0.1, -0.05) is 31.9 Å². The molecule has 0 aliphatic carbocycles. The summed E-state index contributed by atoms with van der Waals surface area (Å²) < 4.78 is 2.18. The summed E-state index contributed by atoms with van der Waals surface area (Å²) in [7, 11) is 0. The van der Waals surface area contributed by atoms with Crippen LogP contribution in [-0.4, -0.2) is 22.6 Å². The molecule has 4 heteroatoms. The second-order valence-electron chi connectivity index (χ2n) is 5.53. The van der Waals surface area contributed by atoms with Gasteiger partial charge in [0.15, 0.2) is 0 Å². The van der Waals surface area contributed by atoms with Gasteiger partial charge in [-0.3, -0.25) is 0 Å². The highest BCUT2D eigenvalue weighted by atomic mass is 15.0. The molecule has 1 heterocycles. The SMILES string of the molecule is CCCCCNCCc1cncn1Cc1ccc(C#N)cc1. The van der Waals surface area contributed by atoms with Crippen LogP contribution in [0.15, 0.2) is 36.8 Å². The monoisotopic (exact) mass is 296 g/mol. The summed E-state index contributed by atoms with van der Waals surface area (Å²) in [5.41, 5.74) is 3.13. The average Bonchev–Trinajstić information content (AvgIpc) is 2.98. The van der Waals surface area contributed by atoms with Gasteiger partial charge in [-0.15, -0.1) is 0 Å². The van der Waals surface area contributed by atoms with Gasteiger partial charge < -0.3 is 9.88 Å². The molecule has 0 aliphatic rings. The Morgan fingerprint density at radius 3 is 2.73 bits per heavy atom. The van der Waals surface area contributed by atoms with E-state index in [4.69, 9.17) is 5.26 Å². The summed E-state index contributed by atoms with van der Waals surface area (Å²) in [4.78, 5) is 4.26. The highest BCUT2D eigenvalue weighted by Crippen LogP contribution is 2.08. The first kappa shape index (κ1) is 16.3. The zero-order valence-electron chi connectivity index (χ0n) is 13.3. The Hall–Kier alpha value is -2.12. The zero-order chi connectivity index (χ0) is 15.6. The van der Waals surface area contributed by atoms with E-state index in [1.54, 1.807) is 0 Å². The van der Waals surface area contributed by atoms with E-state index in [-0.39, 0.29) is 0 Å². The molecule has 0 spiro atoms. The highest BCUT2D eigenvalue weighted by Gasteiger charge is 2.03. The number of nitrogens with one attached hydrogen (secondary N) is 1. The second-order valence-corrected chi connectivity index (χ2v) is 5.53. The normalized spacial score (nSPS) is 10.5. The van der Waals surface area contributed by atoms with Crippen LogP contribution in [0.1, 0.15) is 43.0 Å². The van der Waals surface area contributed by atoms with E-state index in [0.29, 0.717) is 5.56 Å². The maximum absolute atomic E-state index is 8.83. The standard InChI is InChI=1S/C18H24N4/c1-2-3-4-10-20-11-9-18-13-21-15-22(18)14-17-7-5-16(12-19)6-8-17/h5-8,13,15,20H,2-4,9-11,14H2,1H3. The molecule has 1 aromatic carbocycles. The van der Waals surface area contributed by atoms with Gasteiger partial charge in [0, 0.05) is 31.4 Å². The van der Waals surface area contributed by atoms with Crippen molar-refractivity contribution in [2.75, 3.05) is 13.1 Å². The molecule has 0 amide bonds. The number of hydrogen-bond donors (Lipinski definition) is 1. The van der Waals surface area contributed by atoms with E-state index in [1.807, 2.05) is 36.8 Å². The molecule has 22 heavy (non-hydrogen) atoms. The van der Waals surface area contributed by atoms with Gasteiger partial charge in [0.25, 0.3) is 0 Å². The summed E-state index contributed by atoms with van der Waals surface area (Å²) in [5, 5.41) is 12.3. The molecule has 0 bridgehead atoms. The molecular weight excluding hydrogens is 272 g/mol. The lowest BCUT2D eigenvalue weighted by Crippen LogP contribution is -2.19. The van der Waals surface area contributed by atoms with Crippen LogP contribution in [0.5, 0.6) is 0 Å². The molecule has 0 saturated heterocycles. The number of nitriles is 1. The Morgan fingerprint density at radius 1 is 1.18 bits per heavy atom. The summed E-state index contributed by atoms with van der Waals surface area (Å²) >= 11 is 0. The van der Waals surface area contributed by atoms with Crippen LogP contribution in [0.25, 0.3) is 0 Å². The first-order chi connectivity index (χ1) is 10.8. The predicted octanol–water partition coefficient (Wildman–Crippen LogP) is 3.13. The number of imidazole rings is 1. The lowest BCUT2D eigenvalue weighted by atomic mass is 10.1. The Morgan fingerprint density at radius 2 is 2.00 bits per heavy atom. The fraction of sp³-hybridized carbons (Fsp3) is 0.444. The Kier molecular flexibility index (Phi) is 6.66. The van der Waals surface area contributed by atoms with Gasteiger partial charge >= 0.3 is 0 Å². The predicted molar refractivity (Wildman–Crippen MR) is 88.6 cm³/mol. The molecule has 1 aromatic heterocycles. The fourth-order valence-electron chi connectivity index (χ4n) is 2.42. The molecule has 1 N–H and O–H groups in total. The molecule has 4 nitrogen and oxygen atoms in total. The quantitative estimate of drug-likeness (QED) is 0.723.